The van der Waals surface area contributed by atoms with Crippen molar-refractivity contribution in [1.29, 1.82) is 0 Å². The Balaban J connectivity index is 2.78. The summed E-state index contributed by atoms with van der Waals surface area (Å²) >= 11 is 0. The average Bonchev–Trinajstić information content (AvgIpc) is 2.35. The van der Waals surface area contributed by atoms with E-state index in [2.05, 4.69) is 10.2 Å². The zero-order chi connectivity index (χ0) is 8.27. The lowest BCUT2D eigenvalue weighted by Gasteiger charge is -1.89. The SMILES string of the molecule is C/C(=C\c1cnn(C)n1)CO. The third kappa shape index (κ3) is 2.16. The van der Waals surface area contributed by atoms with Gasteiger partial charge < -0.3 is 5.11 Å². The number of aliphatic hydroxyl groups excluding tert-OH is 1. The highest BCUT2D eigenvalue weighted by Gasteiger charge is 1.93. The lowest BCUT2D eigenvalue weighted by atomic mass is 10.3. The maximum Gasteiger partial charge on any atom is 0.105 e. The average molecular weight is 153 g/mol. The van der Waals surface area contributed by atoms with Crippen molar-refractivity contribution in [3.63, 3.8) is 0 Å². The molecule has 0 aliphatic rings. The van der Waals surface area contributed by atoms with Crippen LogP contribution in [0.4, 0.5) is 0 Å². The highest BCUT2D eigenvalue weighted by atomic mass is 16.3. The van der Waals surface area contributed by atoms with Crippen molar-refractivity contribution in [3.8, 4) is 0 Å². The molecule has 0 atom stereocenters. The van der Waals surface area contributed by atoms with E-state index in [4.69, 9.17) is 5.11 Å². The number of aryl methyl sites for hydroxylation is 1. The van der Waals surface area contributed by atoms with E-state index >= 15 is 0 Å². The van der Waals surface area contributed by atoms with Crippen LogP contribution in [0.15, 0.2) is 11.8 Å². The largest absolute Gasteiger partial charge is 0.392 e. The van der Waals surface area contributed by atoms with Crippen LogP contribution in [0.5, 0.6) is 0 Å². The third-order valence-corrected chi connectivity index (χ3v) is 1.26. The van der Waals surface area contributed by atoms with Gasteiger partial charge in [0.05, 0.1) is 12.8 Å². The molecule has 0 bridgehead atoms. The van der Waals surface area contributed by atoms with Gasteiger partial charge in [-0.1, -0.05) is 0 Å². The molecule has 0 aliphatic carbocycles. The lowest BCUT2D eigenvalue weighted by Crippen LogP contribution is -1.91. The van der Waals surface area contributed by atoms with Crippen LogP contribution >= 0.6 is 0 Å². The van der Waals surface area contributed by atoms with Crippen LogP contribution in [-0.2, 0) is 7.05 Å². The molecule has 1 heterocycles. The first-order valence-corrected chi connectivity index (χ1v) is 3.36. The predicted octanol–water partition coefficient (Wildman–Crippen LogP) is 0.211. The second-order valence-electron chi connectivity index (χ2n) is 2.41. The Morgan fingerprint density at radius 3 is 3.00 bits per heavy atom. The van der Waals surface area contributed by atoms with E-state index in [-0.39, 0.29) is 6.61 Å². The first-order chi connectivity index (χ1) is 5.22. The molecule has 0 spiro atoms. The van der Waals surface area contributed by atoms with E-state index in [1.807, 2.05) is 6.92 Å². The van der Waals surface area contributed by atoms with Crippen molar-refractivity contribution < 1.29 is 5.11 Å². The normalized spacial score (nSPS) is 12.1. The molecule has 0 aliphatic heterocycles. The Bertz CT molecular complexity index is 264. The minimum absolute atomic E-state index is 0.0660. The van der Waals surface area contributed by atoms with Gasteiger partial charge in [-0.15, -0.1) is 0 Å². The zero-order valence-corrected chi connectivity index (χ0v) is 6.65. The fraction of sp³-hybridized carbons (Fsp3) is 0.429. The maximum atomic E-state index is 8.68. The molecule has 0 saturated heterocycles. The summed E-state index contributed by atoms with van der Waals surface area (Å²) < 4.78 is 0. The molecule has 1 aromatic heterocycles. The van der Waals surface area contributed by atoms with Gasteiger partial charge in [-0.05, 0) is 18.6 Å². The predicted molar refractivity (Wildman–Crippen MR) is 41.7 cm³/mol. The number of hydrogen-bond acceptors (Lipinski definition) is 3. The van der Waals surface area contributed by atoms with Gasteiger partial charge in [0, 0.05) is 7.05 Å². The molecule has 0 saturated carbocycles. The minimum Gasteiger partial charge on any atom is -0.392 e. The maximum absolute atomic E-state index is 8.68. The molecule has 4 nitrogen and oxygen atoms in total. The quantitative estimate of drug-likeness (QED) is 0.660. The summed E-state index contributed by atoms with van der Waals surface area (Å²) in [5, 5.41) is 16.6. The fourth-order valence-corrected chi connectivity index (χ4v) is 0.726. The van der Waals surface area contributed by atoms with E-state index in [1.165, 1.54) is 4.80 Å². The highest BCUT2D eigenvalue weighted by molar-refractivity contribution is 5.46. The van der Waals surface area contributed by atoms with E-state index < -0.39 is 0 Å². The van der Waals surface area contributed by atoms with Crippen molar-refractivity contribution >= 4 is 6.08 Å². The smallest absolute Gasteiger partial charge is 0.105 e. The molecule has 0 fully saturated rings. The van der Waals surface area contributed by atoms with Crippen LogP contribution < -0.4 is 0 Å². The summed E-state index contributed by atoms with van der Waals surface area (Å²) in [6.07, 6.45) is 3.45. The molecule has 60 valence electrons. The standard InChI is InChI=1S/C7H11N3O/c1-6(5-11)3-7-4-8-10(2)9-7/h3-4,11H,5H2,1-2H3/b6-3+. The summed E-state index contributed by atoms with van der Waals surface area (Å²) in [7, 11) is 1.76. The molecule has 0 radical (unpaired) electrons. The first kappa shape index (κ1) is 7.94. The molecule has 0 aromatic carbocycles. The van der Waals surface area contributed by atoms with E-state index in [0.29, 0.717) is 0 Å². The molecular formula is C7H11N3O. The molecule has 4 heteroatoms. The Hall–Kier alpha value is -1.16. The number of aliphatic hydroxyl groups is 1. The van der Waals surface area contributed by atoms with Crippen LogP contribution in [-0.4, -0.2) is 26.7 Å². The van der Waals surface area contributed by atoms with Crippen LogP contribution in [0.1, 0.15) is 12.6 Å². The van der Waals surface area contributed by atoms with Crippen molar-refractivity contribution in [3.05, 3.63) is 17.5 Å². The van der Waals surface area contributed by atoms with Gasteiger partial charge in [-0.3, -0.25) is 0 Å². The minimum atomic E-state index is 0.0660. The summed E-state index contributed by atoms with van der Waals surface area (Å²) in [5.74, 6) is 0. The monoisotopic (exact) mass is 153 g/mol. The number of nitrogens with zero attached hydrogens (tertiary/aromatic N) is 3. The zero-order valence-electron chi connectivity index (χ0n) is 6.65. The van der Waals surface area contributed by atoms with Crippen molar-refractivity contribution in [2.75, 3.05) is 6.61 Å². The van der Waals surface area contributed by atoms with Gasteiger partial charge in [0.1, 0.15) is 5.69 Å². The first-order valence-electron chi connectivity index (χ1n) is 3.36. The Morgan fingerprint density at radius 2 is 2.55 bits per heavy atom. The molecular weight excluding hydrogens is 142 g/mol. The van der Waals surface area contributed by atoms with Crippen LogP contribution in [0, 0.1) is 0 Å². The van der Waals surface area contributed by atoms with Gasteiger partial charge in [0.15, 0.2) is 0 Å². The molecule has 0 amide bonds. The molecule has 1 aromatic rings. The Labute approximate surface area is 65.2 Å². The van der Waals surface area contributed by atoms with Gasteiger partial charge >= 0.3 is 0 Å². The van der Waals surface area contributed by atoms with Crippen molar-refractivity contribution in [1.82, 2.24) is 15.0 Å². The molecule has 0 unspecified atom stereocenters. The molecule has 11 heavy (non-hydrogen) atoms. The van der Waals surface area contributed by atoms with E-state index in [1.54, 1.807) is 19.3 Å². The summed E-state index contributed by atoms with van der Waals surface area (Å²) in [6.45, 7) is 1.91. The van der Waals surface area contributed by atoms with Gasteiger partial charge in [-0.2, -0.15) is 15.0 Å². The molecule has 1 N–H and O–H groups in total. The summed E-state index contributed by atoms with van der Waals surface area (Å²) in [5.41, 5.74) is 1.66. The van der Waals surface area contributed by atoms with Gasteiger partial charge in [-0.25, -0.2) is 0 Å². The summed E-state index contributed by atoms with van der Waals surface area (Å²) in [4.78, 5) is 1.48. The number of hydrogen-bond donors (Lipinski definition) is 1. The van der Waals surface area contributed by atoms with E-state index in [0.717, 1.165) is 11.3 Å². The Kier molecular flexibility index (Phi) is 2.38. The number of aromatic nitrogens is 3. The lowest BCUT2D eigenvalue weighted by molar-refractivity contribution is 0.332. The van der Waals surface area contributed by atoms with Crippen molar-refractivity contribution in [2.45, 2.75) is 6.92 Å². The second-order valence-corrected chi connectivity index (χ2v) is 2.41. The highest BCUT2D eigenvalue weighted by Crippen LogP contribution is 1.99. The second kappa shape index (κ2) is 3.30. The van der Waals surface area contributed by atoms with Crippen LogP contribution in [0.2, 0.25) is 0 Å². The van der Waals surface area contributed by atoms with Gasteiger partial charge in [0.25, 0.3) is 0 Å². The Morgan fingerprint density at radius 1 is 1.82 bits per heavy atom. The fourth-order valence-electron chi connectivity index (χ4n) is 0.726. The van der Waals surface area contributed by atoms with Crippen LogP contribution in [0.3, 0.4) is 0 Å². The topological polar surface area (TPSA) is 50.9 Å². The van der Waals surface area contributed by atoms with E-state index in [9.17, 15) is 0 Å². The number of rotatable bonds is 2. The van der Waals surface area contributed by atoms with Crippen molar-refractivity contribution in [2.24, 2.45) is 7.05 Å². The summed E-state index contributed by atoms with van der Waals surface area (Å²) in [6, 6.07) is 0. The van der Waals surface area contributed by atoms with Crippen LogP contribution in [0.25, 0.3) is 6.08 Å². The third-order valence-electron chi connectivity index (χ3n) is 1.26. The van der Waals surface area contributed by atoms with Gasteiger partial charge in [0.2, 0.25) is 0 Å². The molecule has 1 rings (SSSR count).